The monoisotopic (exact) mass is 1080 g/mol. The number of rotatable bonds is 28. The highest BCUT2D eigenvalue weighted by molar-refractivity contribution is 7.19. The zero-order valence-corrected chi connectivity index (χ0v) is 55.7. The molecule has 2 heteroatoms. The number of fused-ring (bicyclic) bond motifs is 4. The Kier molecular flexibility index (Phi) is 19.4. The highest BCUT2D eigenvalue weighted by Gasteiger charge is 2.60. The molecule has 0 aromatic heterocycles. The van der Waals surface area contributed by atoms with E-state index in [1.165, 1.54) is 180 Å². The largest absolute Gasteiger partial charge is 0.0694 e. The van der Waals surface area contributed by atoms with Gasteiger partial charge in [0, 0.05) is 0 Å². The minimum Gasteiger partial charge on any atom is -0.0654 e. The SMILES string of the molecule is CCCC1(CCC)CC(CC)(CC)c2c1cc1c(c2/[Si](c2ccccc2)=[Si](\c2ccccc2)c2c3c(cc4c2C(CC)(CC)CC4(CCC)CCC)C(CCC)(CCC)CC3(CC)CC)C(CC)(CC)CC1(CCC)CCC. The highest BCUT2D eigenvalue weighted by atomic mass is 28.9. The molecule has 78 heavy (non-hydrogen) atoms. The van der Waals surface area contributed by atoms with Crippen LogP contribution in [0.4, 0.5) is 0 Å². The molecule has 8 rings (SSSR count). The molecule has 0 N–H and O–H groups in total. The third-order valence-electron chi connectivity index (χ3n) is 23.9. The summed E-state index contributed by atoms with van der Waals surface area (Å²) in [7, 11) is -3.24. The first-order valence-electron chi connectivity index (χ1n) is 34.0. The van der Waals surface area contributed by atoms with E-state index >= 15 is 0 Å². The van der Waals surface area contributed by atoms with Crippen LogP contribution >= 0.6 is 0 Å². The van der Waals surface area contributed by atoms with Crippen molar-refractivity contribution in [3.8, 4) is 0 Å². The average molecular weight is 1090 g/mol. The molecule has 0 amide bonds. The van der Waals surface area contributed by atoms with E-state index in [9.17, 15) is 0 Å². The molecule has 0 saturated heterocycles. The quantitative estimate of drug-likeness (QED) is 0.0497. The van der Waals surface area contributed by atoms with Crippen molar-refractivity contribution in [2.24, 2.45) is 0 Å². The molecule has 0 aliphatic heterocycles. The van der Waals surface area contributed by atoms with E-state index in [2.05, 4.69) is 184 Å². The van der Waals surface area contributed by atoms with E-state index in [-0.39, 0.29) is 43.3 Å². The van der Waals surface area contributed by atoms with Crippen LogP contribution in [0.1, 0.15) is 335 Å². The Morgan fingerprint density at radius 2 is 0.462 bits per heavy atom. The summed E-state index contributed by atoms with van der Waals surface area (Å²) in [6, 6.07) is 31.8. The van der Waals surface area contributed by atoms with Crippen LogP contribution in [-0.2, 0) is 43.3 Å². The maximum absolute atomic E-state index is 3.08. The Hall–Kier alpha value is -2.69. The van der Waals surface area contributed by atoms with Crippen LogP contribution in [0.3, 0.4) is 0 Å². The molecule has 428 valence electrons. The van der Waals surface area contributed by atoms with E-state index in [0.29, 0.717) is 0 Å². The molecular weight excluding hydrogens is 969 g/mol. The van der Waals surface area contributed by atoms with Crippen LogP contribution in [0.5, 0.6) is 0 Å². The summed E-state index contributed by atoms with van der Waals surface area (Å²) in [6.07, 6.45) is 35.9. The fourth-order valence-corrected chi connectivity index (χ4v) is 31.7. The average Bonchev–Trinajstić information content (AvgIpc) is 4.23. The zero-order chi connectivity index (χ0) is 56.4. The van der Waals surface area contributed by atoms with Gasteiger partial charge in [0.2, 0.25) is 0 Å². The molecule has 4 aromatic carbocycles. The Morgan fingerprint density at radius 1 is 0.269 bits per heavy atom. The topological polar surface area (TPSA) is 0 Å². The predicted molar refractivity (Wildman–Crippen MR) is 349 cm³/mol. The van der Waals surface area contributed by atoms with Crippen molar-refractivity contribution >= 4 is 36.5 Å². The van der Waals surface area contributed by atoms with Gasteiger partial charge in [-0.1, -0.05) is 235 Å². The number of hydrogen-bond donors (Lipinski definition) is 0. The van der Waals surface area contributed by atoms with Crippen molar-refractivity contribution in [1.82, 2.24) is 0 Å². The molecule has 4 aliphatic carbocycles. The summed E-state index contributed by atoms with van der Waals surface area (Å²) in [6.45, 7) is 41.4. The second kappa shape index (κ2) is 24.6. The van der Waals surface area contributed by atoms with Crippen molar-refractivity contribution in [2.75, 3.05) is 0 Å². The first-order valence-corrected chi connectivity index (χ1v) is 38.0. The van der Waals surface area contributed by atoms with Crippen molar-refractivity contribution in [1.29, 1.82) is 0 Å². The van der Waals surface area contributed by atoms with Crippen LogP contribution in [0.25, 0.3) is 0 Å². The second-order valence-electron chi connectivity index (χ2n) is 27.5. The third kappa shape index (κ3) is 9.46. The molecule has 0 spiro atoms. The molecule has 0 radical (unpaired) electrons. The molecule has 4 aliphatic rings. The Labute approximate surface area is 484 Å². The van der Waals surface area contributed by atoms with Gasteiger partial charge in [0.15, 0.2) is 0 Å². The van der Waals surface area contributed by atoms with Gasteiger partial charge in [-0.25, -0.2) is 0 Å². The van der Waals surface area contributed by atoms with E-state index in [0.717, 1.165) is 0 Å². The minimum absolute atomic E-state index is 0.148. The molecule has 0 unspecified atom stereocenters. The van der Waals surface area contributed by atoms with Gasteiger partial charge in [0.1, 0.15) is 0 Å². The van der Waals surface area contributed by atoms with E-state index in [4.69, 9.17) is 0 Å². The van der Waals surface area contributed by atoms with Gasteiger partial charge in [-0.3, -0.25) is 0 Å². The lowest BCUT2D eigenvalue weighted by Crippen LogP contribution is -2.58. The molecule has 0 heterocycles. The van der Waals surface area contributed by atoms with Crippen LogP contribution in [-0.4, -0.2) is 15.8 Å². The molecule has 0 saturated carbocycles. The van der Waals surface area contributed by atoms with Gasteiger partial charge >= 0.3 is 0 Å². The Bertz CT molecular complexity index is 2340. The summed E-state index contributed by atoms with van der Waals surface area (Å²) in [5.41, 5.74) is 16.6. The van der Waals surface area contributed by atoms with Gasteiger partial charge in [0.05, 0.1) is 15.8 Å². The van der Waals surface area contributed by atoms with Gasteiger partial charge in [-0.05, 0) is 237 Å². The maximum atomic E-state index is 3.08. The number of hydrogen-bond acceptors (Lipinski definition) is 0. The first kappa shape index (κ1) is 61.4. The van der Waals surface area contributed by atoms with Crippen LogP contribution in [0, 0.1) is 0 Å². The smallest absolute Gasteiger partial charge is 0.0654 e. The van der Waals surface area contributed by atoms with E-state index < -0.39 is 15.8 Å². The lowest BCUT2D eigenvalue weighted by Gasteiger charge is -2.39. The molecular formula is C76H116Si2. The molecule has 0 fully saturated rings. The van der Waals surface area contributed by atoms with Crippen molar-refractivity contribution in [3.05, 3.63) is 117 Å². The maximum Gasteiger partial charge on any atom is 0.0694 e. The molecule has 0 bridgehead atoms. The standard InChI is InChI=1S/C76H116Si2/c1-17-43-73(44-18-2)53-69(25-9,26-10)63-59(73)51-60-64(70(27-11,28-12)54-74(60,45-19-3)46-20-4)67(63)77(57-39-35-33-36-40-57)78(58-41-37-34-38-42-58)68-65-61(75(47-21-5,48-22-6)55-71(65,29-13)30-14)52-62-66(68)72(31-15,32-16)56-76(62,49-23-7)50-24-8/h33-42,51-52H,17-32,43-50,53-56H2,1-16H3/b78-77+. The van der Waals surface area contributed by atoms with E-state index in [1.54, 1.807) is 10.4 Å². The van der Waals surface area contributed by atoms with Gasteiger partial charge in [0.25, 0.3) is 0 Å². The highest BCUT2D eigenvalue weighted by Crippen LogP contribution is 2.65. The summed E-state index contributed by atoms with van der Waals surface area (Å²) >= 11 is 0. The summed E-state index contributed by atoms with van der Waals surface area (Å²) in [5, 5.41) is 7.42. The predicted octanol–water partition coefficient (Wildman–Crippen LogP) is 19.9. The van der Waals surface area contributed by atoms with Gasteiger partial charge < -0.3 is 0 Å². The second-order valence-corrected chi connectivity index (χ2v) is 34.1. The van der Waals surface area contributed by atoms with Crippen molar-refractivity contribution in [3.63, 3.8) is 0 Å². The van der Waals surface area contributed by atoms with Crippen LogP contribution in [0.2, 0.25) is 0 Å². The zero-order valence-electron chi connectivity index (χ0n) is 53.7. The lowest BCUT2D eigenvalue weighted by molar-refractivity contribution is 0.261. The van der Waals surface area contributed by atoms with Gasteiger partial charge in [-0.15, -0.1) is 0 Å². The fourth-order valence-electron chi connectivity index (χ4n) is 20.6. The third-order valence-corrected chi connectivity index (χ3v) is 32.9. The Balaban J connectivity index is 1.84. The fraction of sp³-hybridized carbons (Fsp3) is 0.684. The summed E-state index contributed by atoms with van der Waals surface area (Å²) in [4.78, 5) is 0. The molecule has 0 atom stereocenters. The lowest BCUT2D eigenvalue weighted by atomic mass is 9.68. The number of benzene rings is 4. The van der Waals surface area contributed by atoms with Crippen LogP contribution < -0.4 is 20.7 Å². The summed E-state index contributed by atoms with van der Waals surface area (Å²) < 4.78 is 0. The summed E-state index contributed by atoms with van der Waals surface area (Å²) in [5.74, 6) is 0. The normalized spacial score (nSPS) is 20.3. The van der Waals surface area contributed by atoms with Crippen LogP contribution in [0.15, 0.2) is 72.8 Å². The molecule has 0 nitrogen and oxygen atoms in total. The van der Waals surface area contributed by atoms with Gasteiger partial charge in [-0.2, -0.15) is 0 Å². The minimum atomic E-state index is -1.62. The molecule has 4 aromatic rings. The first-order chi connectivity index (χ1) is 37.7. The van der Waals surface area contributed by atoms with Crippen molar-refractivity contribution in [2.45, 2.75) is 334 Å². The van der Waals surface area contributed by atoms with Crippen molar-refractivity contribution < 1.29 is 0 Å². The van der Waals surface area contributed by atoms with E-state index in [1.807, 2.05) is 54.9 Å². The Morgan fingerprint density at radius 3 is 0.628 bits per heavy atom.